The van der Waals surface area contributed by atoms with Crippen LogP contribution < -0.4 is 4.90 Å². The molecule has 0 N–H and O–H groups in total. The average Bonchev–Trinajstić information content (AvgIpc) is 3.01. The Balaban J connectivity index is 1.34. The van der Waals surface area contributed by atoms with Gasteiger partial charge >= 0.3 is 0 Å². The largest absolute Gasteiger partial charge is 0.381 e. The molecule has 1 amide bonds. The van der Waals surface area contributed by atoms with Gasteiger partial charge in [0.15, 0.2) is 5.82 Å². The molecule has 2 fully saturated rings. The maximum atomic E-state index is 12.6. The topological polar surface area (TPSA) is 58.6 Å². The van der Waals surface area contributed by atoms with Crippen LogP contribution >= 0.6 is 0 Å². The zero-order chi connectivity index (χ0) is 15.8. The predicted octanol–water partition coefficient (Wildman–Crippen LogP) is 1.04. The van der Waals surface area contributed by atoms with Crippen LogP contribution in [0.1, 0.15) is 30.5 Å². The minimum absolute atomic E-state index is 0.141. The maximum Gasteiger partial charge on any atom is 0.225 e. The molecule has 3 heterocycles. The van der Waals surface area contributed by atoms with Crippen molar-refractivity contribution >= 4 is 11.7 Å². The molecule has 0 saturated carbocycles. The Hall–Kier alpha value is -1.69. The van der Waals surface area contributed by atoms with Crippen LogP contribution in [-0.4, -0.2) is 60.4 Å². The monoisotopic (exact) mass is 316 g/mol. The molecular weight excluding hydrogens is 292 g/mol. The normalized spacial score (nSPS) is 21.9. The Labute approximate surface area is 136 Å². The van der Waals surface area contributed by atoms with Crippen molar-refractivity contribution in [3.05, 3.63) is 17.3 Å². The van der Waals surface area contributed by atoms with E-state index in [0.29, 0.717) is 19.3 Å². The van der Waals surface area contributed by atoms with Gasteiger partial charge in [-0.2, -0.15) is 5.10 Å². The Bertz CT molecular complexity index is 594. The first-order chi connectivity index (χ1) is 11.2. The predicted molar refractivity (Wildman–Crippen MR) is 86.4 cm³/mol. The fraction of sp³-hybridized carbons (Fsp3) is 0.706. The van der Waals surface area contributed by atoms with Gasteiger partial charge in [0, 0.05) is 39.3 Å². The molecule has 6 nitrogen and oxygen atoms in total. The van der Waals surface area contributed by atoms with E-state index in [-0.39, 0.29) is 11.8 Å². The lowest BCUT2D eigenvalue weighted by atomic mass is 9.97. The summed E-state index contributed by atoms with van der Waals surface area (Å²) in [5.41, 5.74) is 2.52. The zero-order valence-corrected chi connectivity index (χ0v) is 13.7. The summed E-state index contributed by atoms with van der Waals surface area (Å²) < 4.78 is 5.35. The van der Waals surface area contributed by atoms with Gasteiger partial charge in [0.05, 0.1) is 11.7 Å². The number of amides is 1. The fourth-order valence-electron chi connectivity index (χ4n) is 3.77. The molecule has 0 unspecified atom stereocenters. The lowest BCUT2D eigenvalue weighted by Crippen LogP contribution is -2.61. The number of rotatable bonds is 3. The Morgan fingerprint density at radius 3 is 2.83 bits per heavy atom. The van der Waals surface area contributed by atoms with Gasteiger partial charge in [0.25, 0.3) is 0 Å². The van der Waals surface area contributed by atoms with Crippen molar-refractivity contribution < 1.29 is 9.53 Å². The summed E-state index contributed by atoms with van der Waals surface area (Å²) in [6, 6.07) is 2.48. The van der Waals surface area contributed by atoms with Crippen molar-refractivity contribution in [1.82, 2.24) is 15.1 Å². The van der Waals surface area contributed by atoms with Gasteiger partial charge in [-0.3, -0.25) is 4.79 Å². The summed E-state index contributed by atoms with van der Waals surface area (Å²) in [6.07, 6.45) is 5.09. The first-order valence-corrected chi connectivity index (χ1v) is 8.67. The quantitative estimate of drug-likeness (QED) is 0.834. The lowest BCUT2D eigenvalue weighted by Gasteiger charge is -2.45. The van der Waals surface area contributed by atoms with Crippen molar-refractivity contribution in [3.63, 3.8) is 0 Å². The van der Waals surface area contributed by atoms with Crippen molar-refractivity contribution in [1.29, 1.82) is 0 Å². The third-order valence-electron chi connectivity index (χ3n) is 5.46. The van der Waals surface area contributed by atoms with Crippen LogP contribution in [0.2, 0.25) is 0 Å². The second-order valence-electron chi connectivity index (χ2n) is 6.92. The van der Waals surface area contributed by atoms with E-state index in [2.05, 4.69) is 21.2 Å². The molecule has 1 aliphatic carbocycles. The number of ether oxygens (including phenoxy) is 1. The molecule has 2 saturated heterocycles. The van der Waals surface area contributed by atoms with Crippen LogP contribution in [0.5, 0.6) is 0 Å². The van der Waals surface area contributed by atoms with Gasteiger partial charge in [-0.05, 0) is 43.7 Å². The molecule has 4 rings (SSSR count). The Kier molecular flexibility index (Phi) is 3.93. The number of hydrogen-bond donors (Lipinski definition) is 0. The van der Waals surface area contributed by atoms with E-state index in [1.54, 1.807) is 0 Å². The molecule has 0 bridgehead atoms. The number of fused-ring (bicyclic) bond motifs is 1. The molecule has 0 spiro atoms. The standard InChI is InChI=1S/C17H24N4O2/c1-20(17(22)12-5-7-23-8-6-12)14-10-21(11-14)16-9-13-3-2-4-15(13)18-19-16/h9,12,14H,2-8,10-11H2,1H3. The van der Waals surface area contributed by atoms with E-state index in [1.807, 2.05) is 11.9 Å². The van der Waals surface area contributed by atoms with Crippen LogP contribution in [0.25, 0.3) is 0 Å². The van der Waals surface area contributed by atoms with Crippen LogP contribution in [0, 0.1) is 5.92 Å². The summed E-state index contributed by atoms with van der Waals surface area (Å²) >= 11 is 0. The highest BCUT2D eigenvalue weighted by atomic mass is 16.5. The minimum atomic E-state index is 0.141. The third kappa shape index (κ3) is 2.80. The number of aryl methyl sites for hydroxylation is 2. The SMILES string of the molecule is CN(C(=O)C1CCOCC1)C1CN(c2cc3c(nn2)CCC3)C1. The van der Waals surface area contributed by atoms with Crippen molar-refractivity contribution in [2.75, 3.05) is 38.3 Å². The summed E-state index contributed by atoms with van der Waals surface area (Å²) in [4.78, 5) is 16.7. The van der Waals surface area contributed by atoms with Gasteiger partial charge < -0.3 is 14.5 Å². The van der Waals surface area contributed by atoms with E-state index < -0.39 is 0 Å². The summed E-state index contributed by atoms with van der Waals surface area (Å²) in [5.74, 6) is 1.38. The Morgan fingerprint density at radius 2 is 2.04 bits per heavy atom. The van der Waals surface area contributed by atoms with Crippen molar-refractivity contribution in [2.24, 2.45) is 5.92 Å². The number of carbonyl (C=O) groups excluding carboxylic acids is 1. The van der Waals surface area contributed by atoms with Gasteiger partial charge in [-0.1, -0.05) is 0 Å². The molecule has 124 valence electrons. The minimum Gasteiger partial charge on any atom is -0.381 e. The second-order valence-corrected chi connectivity index (χ2v) is 6.92. The summed E-state index contributed by atoms with van der Waals surface area (Å²) in [5, 5.41) is 8.71. The van der Waals surface area contributed by atoms with E-state index >= 15 is 0 Å². The molecule has 1 aromatic heterocycles. The van der Waals surface area contributed by atoms with E-state index in [9.17, 15) is 4.79 Å². The van der Waals surface area contributed by atoms with Crippen LogP contribution in [0.15, 0.2) is 6.07 Å². The van der Waals surface area contributed by atoms with E-state index in [0.717, 1.165) is 50.3 Å². The maximum absolute atomic E-state index is 12.6. The van der Waals surface area contributed by atoms with Gasteiger partial charge in [-0.15, -0.1) is 5.10 Å². The number of carbonyl (C=O) groups is 1. The first kappa shape index (κ1) is 14.9. The van der Waals surface area contributed by atoms with Gasteiger partial charge in [0.1, 0.15) is 0 Å². The number of anilines is 1. The third-order valence-corrected chi connectivity index (χ3v) is 5.46. The highest BCUT2D eigenvalue weighted by molar-refractivity contribution is 5.79. The number of hydrogen-bond acceptors (Lipinski definition) is 5. The molecule has 1 aromatic rings. The molecule has 6 heteroatoms. The summed E-state index contributed by atoms with van der Waals surface area (Å²) in [6.45, 7) is 3.15. The average molecular weight is 316 g/mol. The van der Waals surface area contributed by atoms with Crippen LogP contribution in [0.3, 0.4) is 0 Å². The molecular formula is C17H24N4O2. The van der Waals surface area contributed by atoms with Crippen LogP contribution in [-0.2, 0) is 22.4 Å². The lowest BCUT2D eigenvalue weighted by molar-refractivity contribution is -0.139. The molecule has 0 radical (unpaired) electrons. The van der Waals surface area contributed by atoms with Crippen LogP contribution in [0.4, 0.5) is 5.82 Å². The number of likely N-dealkylation sites (N-methyl/N-ethyl adjacent to an activating group) is 1. The van der Waals surface area contributed by atoms with Crippen molar-refractivity contribution in [2.45, 2.75) is 38.1 Å². The Morgan fingerprint density at radius 1 is 1.26 bits per heavy atom. The first-order valence-electron chi connectivity index (χ1n) is 8.67. The molecule has 3 aliphatic rings. The second kappa shape index (κ2) is 6.07. The number of aromatic nitrogens is 2. The van der Waals surface area contributed by atoms with Gasteiger partial charge in [0.2, 0.25) is 5.91 Å². The number of nitrogens with zero attached hydrogens (tertiary/aromatic N) is 4. The molecule has 0 aromatic carbocycles. The smallest absolute Gasteiger partial charge is 0.225 e. The van der Waals surface area contributed by atoms with Gasteiger partial charge in [-0.25, -0.2) is 0 Å². The van der Waals surface area contributed by atoms with E-state index in [4.69, 9.17) is 4.74 Å². The molecule has 23 heavy (non-hydrogen) atoms. The highest BCUT2D eigenvalue weighted by Crippen LogP contribution is 2.27. The van der Waals surface area contributed by atoms with Crippen molar-refractivity contribution in [3.8, 4) is 0 Å². The molecule has 0 atom stereocenters. The zero-order valence-electron chi connectivity index (χ0n) is 13.7. The molecule has 2 aliphatic heterocycles. The summed E-state index contributed by atoms with van der Waals surface area (Å²) in [7, 11) is 1.94. The fourth-order valence-corrected chi connectivity index (χ4v) is 3.77. The highest BCUT2D eigenvalue weighted by Gasteiger charge is 2.36. The van der Waals surface area contributed by atoms with E-state index in [1.165, 1.54) is 12.0 Å².